The molecule has 1 fully saturated rings. The Morgan fingerprint density at radius 3 is 2.35 bits per heavy atom. The number of fused-ring (bicyclic) bond motifs is 1. The Balaban J connectivity index is 1.75. The Bertz CT molecular complexity index is 2030. The molecule has 4 aromatic rings. The van der Waals surface area contributed by atoms with Crippen LogP contribution in [0.2, 0.25) is 10.0 Å². The predicted molar refractivity (Wildman–Crippen MR) is 205 cm³/mol. The summed E-state index contributed by atoms with van der Waals surface area (Å²) < 4.78 is 24.0. The van der Waals surface area contributed by atoms with Crippen molar-refractivity contribution in [3.05, 3.63) is 81.2 Å². The fraction of sp³-hybridized carbons (Fsp3) is 0.368. The summed E-state index contributed by atoms with van der Waals surface area (Å²) in [5.41, 5.74) is 1.08. The van der Waals surface area contributed by atoms with Crippen LogP contribution >= 0.6 is 23.2 Å². The Hall–Kier alpha value is -4.62. The summed E-state index contributed by atoms with van der Waals surface area (Å²) in [5, 5.41) is 3.67. The van der Waals surface area contributed by atoms with E-state index in [9.17, 15) is 14.4 Å². The quantitative estimate of drug-likeness (QED) is 0.154. The number of para-hydroxylation sites is 1. The van der Waals surface area contributed by atoms with Crippen molar-refractivity contribution in [1.29, 1.82) is 0 Å². The fourth-order valence-corrected chi connectivity index (χ4v) is 6.74. The van der Waals surface area contributed by atoms with Gasteiger partial charge in [0.25, 0.3) is 5.56 Å². The number of aromatic nitrogens is 2. The minimum Gasteiger partial charge on any atom is -0.495 e. The lowest BCUT2D eigenvalue weighted by molar-refractivity contribution is -0.111. The van der Waals surface area contributed by atoms with Crippen molar-refractivity contribution in [3.8, 4) is 22.6 Å². The van der Waals surface area contributed by atoms with Crippen LogP contribution < -0.4 is 25.2 Å². The van der Waals surface area contributed by atoms with E-state index in [1.165, 1.54) is 19.1 Å². The molecule has 1 aliphatic heterocycles. The van der Waals surface area contributed by atoms with Gasteiger partial charge < -0.3 is 28.8 Å². The van der Waals surface area contributed by atoms with E-state index in [0.717, 1.165) is 25.7 Å². The molecule has 0 saturated carbocycles. The zero-order valence-corrected chi connectivity index (χ0v) is 31.7. The Labute approximate surface area is 312 Å². The van der Waals surface area contributed by atoms with E-state index in [1.54, 1.807) is 74.9 Å². The number of carbonyl (C=O) groups is 2. The van der Waals surface area contributed by atoms with E-state index in [0.29, 0.717) is 54.0 Å². The Morgan fingerprint density at radius 1 is 1.06 bits per heavy atom. The van der Waals surface area contributed by atoms with Crippen molar-refractivity contribution in [3.63, 3.8) is 0 Å². The van der Waals surface area contributed by atoms with Gasteiger partial charge in [0.15, 0.2) is 0 Å². The largest absolute Gasteiger partial charge is 0.495 e. The van der Waals surface area contributed by atoms with Crippen molar-refractivity contribution in [1.82, 2.24) is 14.5 Å². The van der Waals surface area contributed by atoms with E-state index < -0.39 is 17.6 Å². The maximum atomic E-state index is 14.7. The maximum Gasteiger partial charge on any atom is 0.420 e. The number of hydrogen-bond donors (Lipinski definition) is 1. The van der Waals surface area contributed by atoms with Gasteiger partial charge in [0, 0.05) is 55.5 Å². The minimum atomic E-state index is -0.869. The van der Waals surface area contributed by atoms with Gasteiger partial charge in [-0.2, -0.15) is 0 Å². The number of morpholine rings is 1. The van der Waals surface area contributed by atoms with E-state index in [1.807, 2.05) is 0 Å². The molecule has 5 rings (SSSR count). The molecule has 2 amide bonds. The third-order valence-corrected chi connectivity index (χ3v) is 9.23. The molecule has 0 radical (unpaired) electrons. The second-order valence-electron chi connectivity index (χ2n) is 13.2. The van der Waals surface area contributed by atoms with E-state index in [2.05, 4.69) is 16.8 Å². The van der Waals surface area contributed by atoms with Crippen LogP contribution in [0, 0.1) is 6.92 Å². The number of anilines is 3. The number of ether oxygens (including phenoxy) is 4. The first-order valence-electron chi connectivity index (χ1n) is 16.8. The van der Waals surface area contributed by atoms with Crippen molar-refractivity contribution in [2.24, 2.45) is 0 Å². The number of benzene rings is 2. The smallest absolute Gasteiger partial charge is 0.420 e. The van der Waals surface area contributed by atoms with Gasteiger partial charge in [-0.05, 0) is 57.9 Å². The standard InChI is InChI=1S/C38H43Cl2N5O7/c1-8-31(46)42-26-12-9-11-23(2)35(26)45(37(48)52-38(3,4)5)30-20-27-24(22-41-30)19-25(32-33(39)28(49-6)21-29(50-7)34(32)40)36(47)44(27)14-10-13-43-15-17-51-18-16-43/h8-9,11-12,19-22H,1,10,13-18H2,2-7H3,(H,42,46). The van der Waals surface area contributed by atoms with Gasteiger partial charge >= 0.3 is 6.09 Å². The molecule has 2 aromatic heterocycles. The molecule has 1 N–H and O–H groups in total. The van der Waals surface area contributed by atoms with Gasteiger partial charge in [-0.1, -0.05) is 41.9 Å². The molecule has 1 aliphatic rings. The summed E-state index contributed by atoms with van der Waals surface area (Å²) in [5.74, 6) is 0.277. The summed E-state index contributed by atoms with van der Waals surface area (Å²) in [4.78, 5) is 49.5. The van der Waals surface area contributed by atoms with Crippen molar-refractivity contribution >= 4 is 63.3 Å². The molecule has 0 bridgehead atoms. The molecule has 14 heteroatoms. The molecule has 0 aliphatic carbocycles. The molecule has 0 spiro atoms. The van der Waals surface area contributed by atoms with Gasteiger partial charge in [-0.15, -0.1) is 0 Å². The average Bonchev–Trinajstić information content (AvgIpc) is 3.10. The molecule has 0 unspecified atom stereocenters. The summed E-state index contributed by atoms with van der Waals surface area (Å²) in [6.45, 7) is 14.6. The van der Waals surface area contributed by atoms with Gasteiger partial charge in [0.05, 0.1) is 59.9 Å². The Kier molecular flexibility index (Phi) is 12.2. The van der Waals surface area contributed by atoms with Crippen LogP contribution in [0.15, 0.2) is 60.0 Å². The zero-order valence-electron chi connectivity index (χ0n) is 30.2. The average molecular weight is 753 g/mol. The second kappa shape index (κ2) is 16.4. The van der Waals surface area contributed by atoms with Crippen LogP contribution in [0.1, 0.15) is 32.8 Å². The van der Waals surface area contributed by atoms with Gasteiger partial charge in [-0.3, -0.25) is 14.5 Å². The first-order chi connectivity index (χ1) is 24.8. The normalized spacial score (nSPS) is 13.5. The molecule has 1 saturated heterocycles. The number of nitrogens with one attached hydrogen (secondary N) is 1. The monoisotopic (exact) mass is 751 g/mol. The number of aryl methyl sites for hydroxylation is 2. The van der Waals surface area contributed by atoms with Gasteiger partial charge in [0.1, 0.15) is 22.9 Å². The number of rotatable bonds is 11. The molecule has 276 valence electrons. The first kappa shape index (κ1) is 38.6. The van der Waals surface area contributed by atoms with Crippen LogP contribution in [-0.4, -0.2) is 79.1 Å². The Morgan fingerprint density at radius 2 is 1.73 bits per heavy atom. The van der Waals surface area contributed by atoms with Crippen molar-refractivity contribution < 1.29 is 28.5 Å². The van der Waals surface area contributed by atoms with Crippen LogP contribution in [0.5, 0.6) is 11.5 Å². The highest BCUT2D eigenvalue weighted by molar-refractivity contribution is 6.41. The van der Waals surface area contributed by atoms with Crippen LogP contribution in [0.3, 0.4) is 0 Å². The maximum absolute atomic E-state index is 14.7. The van der Waals surface area contributed by atoms with Crippen LogP contribution in [0.4, 0.5) is 22.0 Å². The van der Waals surface area contributed by atoms with Gasteiger partial charge in [-0.25, -0.2) is 14.7 Å². The summed E-state index contributed by atoms with van der Waals surface area (Å²) >= 11 is 13.6. The SMILES string of the molecule is C=CC(=O)Nc1cccc(C)c1N(C(=O)OC(C)(C)C)c1cc2c(cn1)cc(-c1c(Cl)c(OC)cc(OC)c1Cl)c(=O)n2CCCN1CCOCC1. The minimum absolute atomic E-state index is 0.152. The number of amides is 2. The number of halogens is 2. The van der Waals surface area contributed by atoms with Crippen LogP contribution in [0.25, 0.3) is 22.0 Å². The lowest BCUT2D eigenvalue weighted by atomic mass is 10.0. The van der Waals surface area contributed by atoms with Crippen LogP contribution in [-0.2, 0) is 20.8 Å². The van der Waals surface area contributed by atoms with Crippen molar-refractivity contribution in [2.75, 3.05) is 57.3 Å². The molecule has 0 atom stereocenters. The number of carbonyl (C=O) groups excluding carboxylic acids is 2. The number of nitrogens with zero attached hydrogens (tertiary/aromatic N) is 4. The second-order valence-corrected chi connectivity index (χ2v) is 13.9. The van der Waals surface area contributed by atoms with E-state index >= 15 is 0 Å². The summed E-state index contributed by atoms with van der Waals surface area (Å²) in [6.07, 6.45) is 2.61. The van der Waals surface area contributed by atoms with Gasteiger partial charge in [0.2, 0.25) is 5.91 Å². The molecule has 12 nitrogen and oxygen atoms in total. The highest BCUT2D eigenvalue weighted by atomic mass is 35.5. The lowest BCUT2D eigenvalue weighted by Gasteiger charge is -2.29. The summed E-state index contributed by atoms with van der Waals surface area (Å²) in [7, 11) is 2.93. The van der Waals surface area contributed by atoms with Crippen molar-refractivity contribution in [2.45, 2.75) is 46.3 Å². The predicted octanol–water partition coefficient (Wildman–Crippen LogP) is 7.62. The molecule has 3 heterocycles. The molecular formula is C38H43Cl2N5O7. The van der Waals surface area contributed by atoms with E-state index in [-0.39, 0.29) is 44.0 Å². The van der Waals surface area contributed by atoms with E-state index in [4.69, 9.17) is 47.1 Å². The first-order valence-corrected chi connectivity index (χ1v) is 17.5. The number of pyridine rings is 2. The highest BCUT2D eigenvalue weighted by Crippen LogP contribution is 2.46. The third-order valence-electron chi connectivity index (χ3n) is 8.48. The molecule has 52 heavy (non-hydrogen) atoms. The number of methoxy groups -OCH3 is 2. The third kappa shape index (κ3) is 8.36. The molecular weight excluding hydrogens is 709 g/mol. The molecule has 2 aromatic carbocycles. The highest BCUT2D eigenvalue weighted by Gasteiger charge is 2.30. The summed E-state index contributed by atoms with van der Waals surface area (Å²) in [6, 6.07) is 10.1. The fourth-order valence-electron chi connectivity index (χ4n) is 6.03. The number of hydrogen-bond acceptors (Lipinski definition) is 9. The topological polar surface area (TPSA) is 124 Å². The lowest BCUT2D eigenvalue weighted by Crippen LogP contribution is -2.37. The zero-order chi connectivity index (χ0) is 37.7.